The Kier molecular flexibility index (Phi) is 9.81. The molecule has 33 heavy (non-hydrogen) atoms. The van der Waals surface area contributed by atoms with Crippen LogP contribution in [0.15, 0.2) is 73.4 Å². The van der Waals surface area contributed by atoms with E-state index in [1.165, 1.54) is 12.1 Å². The van der Waals surface area contributed by atoms with E-state index in [-0.39, 0.29) is 69.9 Å². The summed E-state index contributed by atoms with van der Waals surface area (Å²) < 4.78 is 101. The third-order valence-electron chi connectivity index (χ3n) is 3.98. The van der Waals surface area contributed by atoms with Crippen LogP contribution in [0.25, 0.3) is 10.8 Å². The molecule has 0 saturated heterocycles. The number of azo groups is 1. The minimum Gasteiger partial charge on any atom is -0.744 e. The maximum atomic E-state index is 11.8. The number of rotatable bonds is 5. The number of nitrogens with zero attached hydrogens (tertiary/aromatic N) is 2. The van der Waals surface area contributed by atoms with Crippen LogP contribution in [0.2, 0.25) is 0 Å². The number of hydrogen-bond acceptors (Lipinski definition) is 11. The maximum absolute atomic E-state index is 11.8. The maximum Gasteiger partial charge on any atom is 1.00 e. The molecule has 0 heterocycles. The Balaban J connectivity index is 0.00000272. The predicted octanol–water partition coefficient (Wildman–Crippen LogP) is -3.98. The van der Waals surface area contributed by atoms with E-state index in [2.05, 4.69) is 10.2 Å². The van der Waals surface area contributed by atoms with Gasteiger partial charge >= 0.3 is 59.1 Å². The molecule has 17 heteroatoms. The molecular formula is C16H10N2Na2O10S3. The third kappa shape index (κ3) is 6.81. The largest absolute Gasteiger partial charge is 1.00 e. The van der Waals surface area contributed by atoms with E-state index in [0.29, 0.717) is 0 Å². The van der Waals surface area contributed by atoms with Crippen molar-refractivity contribution in [2.75, 3.05) is 0 Å². The van der Waals surface area contributed by atoms with Crippen molar-refractivity contribution in [2.24, 2.45) is 10.2 Å². The molecule has 3 aromatic rings. The molecule has 3 aromatic carbocycles. The number of fused-ring (bicyclic) bond motifs is 1. The molecule has 0 unspecified atom stereocenters. The number of benzene rings is 3. The van der Waals surface area contributed by atoms with E-state index in [9.17, 15) is 44.0 Å². The monoisotopic (exact) mass is 532 g/mol. The number of aromatic hydroxyl groups is 1. The second-order valence-electron chi connectivity index (χ2n) is 6.01. The van der Waals surface area contributed by atoms with Crippen LogP contribution in [-0.4, -0.2) is 44.0 Å². The number of phenolic OH excluding ortho intramolecular Hbond substituents is 1. The van der Waals surface area contributed by atoms with Crippen molar-refractivity contribution in [2.45, 2.75) is 14.7 Å². The Morgan fingerprint density at radius 3 is 1.91 bits per heavy atom. The van der Waals surface area contributed by atoms with Gasteiger partial charge in [-0.1, -0.05) is 12.1 Å². The van der Waals surface area contributed by atoms with Crippen LogP contribution in [-0.2, 0) is 30.4 Å². The van der Waals surface area contributed by atoms with Gasteiger partial charge in [-0.05, 0) is 41.8 Å². The van der Waals surface area contributed by atoms with Crippen LogP contribution in [0.5, 0.6) is 5.75 Å². The number of phenols is 1. The summed E-state index contributed by atoms with van der Waals surface area (Å²) in [5.74, 6) is -0.869. The minimum absolute atomic E-state index is 0. The molecule has 0 atom stereocenters. The van der Waals surface area contributed by atoms with Crippen molar-refractivity contribution >= 4 is 52.5 Å². The van der Waals surface area contributed by atoms with E-state index in [4.69, 9.17) is 0 Å². The Morgan fingerprint density at radius 1 is 0.758 bits per heavy atom. The molecular weight excluding hydrogens is 522 g/mol. The molecule has 0 aliphatic heterocycles. The van der Waals surface area contributed by atoms with Crippen molar-refractivity contribution in [1.29, 1.82) is 0 Å². The van der Waals surface area contributed by atoms with Crippen LogP contribution in [0, 0.1) is 0 Å². The third-order valence-corrected chi connectivity index (χ3v) is 6.56. The van der Waals surface area contributed by atoms with Gasteiger partial charge in [0.1, 0.15) is 36.5 Å². The zero-order chi connectivity index (χ0) is 23.2. The molecule has 0 radical (unpaired) electrons. The van der Waals surface area contributed by atoms with Gasteiger partial charge < -0.3 is 14.2 Å². The molecule has 164 valence electrons. The van der Waals surface area contributed by atoms with Crippen LogP contribution < -0.4 is 59.1 Å². The Labute approximate surface area is 232 Å². The van der Waals surface area contributed by atoms with Crippen LogP contribution >= 0.6 is 0 Å². The molecule has 0 aromatic heterocycles. The fourth-order valence-electron chi connectivity index (χ4n) is 2.63. The van der Waals surface area contributed by atoms with Gasteiger partial charge in [-0.2, -0.15) is 8.42 Å². The van der Waals surface area contributed by atoms with Gasteiger partial charge in [-0.15, -0.1) is 10.2 Å². The van der Waals surface area contributed by atoms with Gasteiger partial charge in [0.15, 0.2) is 5.75 Å². The molecule has 0 aliphatic carbocycles. The molecule has 0 saturated carbocycles. The first kappa shape index (κ1) is 30.1. The first-order valence-electron chi connectivity index (χ1n) is 7.89. The fourth-order valence-corrected chi connectivity index (χ4v) is 4.41. The fraction of sp³-hybridized carbons (Fsp3) is 0. The summed E-state index contributed by atoms with van der Waals surface area (Å²) in [7, 11) is -14.9. The van der Waals surface area contributed by atoms with Crippen LogP contribution in [0.4, 0.5) is 11.4 Å². The van der Waals surface area contributed by atoms with Gasteiger partial charge in [-0.25, -0.2) is 16.8 Å². The average Bonchev–Trinajstić information content (AvgIpc) is 2.64. The first-order valence-corrected chi connectivity index (χ1v) is 12.1. The van der Waals surface area contributed by atoms with Crippen LogP contribution in [0.1, 0.15) is 0 Å². The first-order chi connectivity index (χ1) is 14.2. The second kappa shape index (κ2) is 10.8. The number of hydrogen-bond donors (Lipinski definition) is 2. The quantitative estimate of drug-likeness (QED) is 0.185. The van der Waals surface area contributed by atoms with E-state index in [1.807, 2.05) is 0 Å². The minimum atomic E-state index is -5.06. The van der Waals surface area contributed by atoms with Crippen molar-refractivity contribution < 1.29 is 103 Å². The van der Waals surface area contributed by atoms with E-state index in [0.717, 1.165) is 36.4 Å². The SMILES string of the molecule is O=S(=O)([O-])c1ccc2c(O)c(N=Nc3ccccc3S(=O)(=O)[O-])c(S(=O)(=O)O)cc2c1.[Na+].[Na+]. The van der Waals surface area contributed by atoms with Crippen molar-refractivity contribution in [3.63, 3.8) is 0 Å². The molecule has 12 nitrogen and oxygen atoms in total. The van der Waals surface area contributed by atoms with E-state index in [1.54, 1.807) is 0 Å². The summed E-state index contributed by atoms with van der Waals surface area (Å²) in [4.78, 5) is -2.49. The molecule has 3 rings (SSSR count). The molecule has 0 fully saturated rings. The zero-order valence-electron chi connectivity index (χ0n) is 16.9. The van der Waals surface area contributed by atoms with Crippen molar-refractivity contribution in [3.8, 4) is 5.75 Å². The van der Waals surface area contributed by atoms with Gasteiger partial charge in [0, 0.05) is 5.39 Å². The summed E-state index contributed by atoms with van der Waals surface area (Å²) in [5, 5.41) is 17.1. The standard InChI is InChI=1S/C16H12N2O10S3.2Na/c19-16-11-6-5-10(29(20,21)22)7-9(11)8-14(31(26,27)28)15(16)18-17-12-3-1-2-4-13(12)30(23,24)25;;/h1-8,19H,(H,20,21,22)(H,23,24,25)(H,26,27,28);;/q;2*+1/p-2. The van der Waals surface area contributed by atoms with Crippen LogP contribution in [0.3, 0.4) is 0 Å². The van der Waals surface area contributed by atoms with Crippen molar-refractivity contribution in [1.82, 2.24) is 0 Å². The summed E-state index contributed by atoms with van der Waals surface area (Å²) in [5.41, 5.74) is -1.28. The Morgan fingerprint density at radius 2 is 1.36 bits per heavy atom. The molecule has 0 bridgehead atoms. The summed E-state index contributed by atoms with van der Waals surface area (Å²) in [6, 6.07) is 7.96. The summed E-state index contributed by atoms with van der Waals surface area (Å²) >= 11 is 0. The molecule has 0 amide bonds. The summed E-state index contributed by atoms with van der Waals surface area (Å²) in [6.07, 6.45) is 0. The predicted molar refractivity (Wildman–Crippen MR) is 102 cm³/mol. The average molecular weight is 532 g/mol. The molecule has 2 N–H and O–H groups in total. The van der Waals surface area contributed by atoms with E-state index < -0.39 is 62.2 Å². The molecule has 0 aliphatic rings. The van der Waals surface area contributed by atoms with E-state index >= 15 is 0 Å². The van der Waals surface area contributed by atoms with Gasteiger partial charge in [0.2, 0.25) is 0 Å². The zero-order valence-corrected chi connectivity index (χ0v) is 23.3. The molecule has 0 spiro atoms. The van der Waals surface area contributed by atoms with Gasteiger partial charge in [0.25, 0.3) is 10.1 Å². The summed E-state index contributed by atoms with van der Waals surface area (Å²) in [6.45, 7) is 0. The van der Waals surface area contributed by atoms with Gasteiger partial charge in [0.05, 0.1) is 9.79 Å². The normalized spacial score (nSPS) is 12.3. The topological polar surface area (TPSA) is 214 Å². The Bertz CT molecular complexity index is 1570. The second-order valence-corrected chi connectivity index (χ2v) is 10.1. The smallest absolute Gasteiger partial charge is 0.744 e. The Hall–Kier alpha value is -0.950. The van der Waals surface area contributed by atoms with Crippen molar-refractivity contribution in [3.05, 3.63) is 48.5 Å². The van der Waals surface area contributed by atoms with Gasteiger partial charge in [-0.3, -0.25) is 4.55 Å².